The molecule has 0 aromatic rings. The standard InChI is InChI=1S/C14H20/c1-9-11(13(3,4)5)12(10-2)14(6,7)8/h1-2H,3-8H3/b12-11+. The molecule has 0 fully saturated rings. The fourth-order valence-corrected chi connectivity index (χ4v) is 1.33. The molecule has 0 nitrogen and oxygen atoms in total. The zero-order chi connectivity index (χ0) is 11.6. The number of allylic oxidation sites excluding steroid dienone is 2. The lowest BCUT2D eigenvalue weighted by atomic mass is 9.75. The molecule has 0 aromatic carbocycles. The van der Waals surface area contributed by atoms with E-state index >= 15 is 0 Å². The van der Waals surface area contributed by atoms with Crippen LogP contribution < -0.4 is 0 Å². The number of hydrogen-bond acceptors (Lipinski definition) is 0. The Morgan fingerprint density at radius 2 is 0.929 bits per heavy atom. The first-order valence-corrected chi connectivity index (χ1v) is 4.83. The first kappa shape index (κ1) is 12.9. The minimum atomic E-state index is -0.0519. The molecule has 0 bridgehead atoms. The molecule has 0 aliphatic heterocycles. The summed E-state index contributed by atoms with van der Waals surface area (Å²) in [6.45, 7) is 12.5. The van der Waals surface area contributed by atoms with Crippen molar-refractivity contribution in [1.82, 2.24) is 0 Å². The average Bonchev–Trinajstić information content (AvgIpc) is 1.94. The molecule has 0 radical (unpaired) electrons. The maximum atomic E-state index is 5.53. The van der Waals surface area contributed by atoms with E-state index in [1.54, 1.807) is 0 Å². The Morgan fingerprint density at radius 3 is 1.00 bits per heavy atom. The lowest BCUT2D eigenvalue weighted by Gasteiger charge is -2.27. The summed E-state index contributed by atoms with van der Waals surface area (Å²) in [5.41, 5.74) is 1.77. The molecule has 0 aliphatic carbocycles. The van der Waals surface area contributed by atoms with E-state index in [-0.39, 0.29) is 10.8 Å². The van der Waals surface area contributed by atoms with Crippen molar-refractivity contribution in [3.63, 3.8) is 0 Å². The van der Waals surface area contributed by atoms with Gasteiger partial charge in [0.05, 0.1) is 0 Å². The van der Waals surface area contributed by atoms with E-state index < -0.39 is 0 Å². The third-order valence-corrected chi connectivity index (χ3v) is 2.04. The van der Waals surface area contributed by atoms with Crippen molar-refractivity contribution in [3.05, 3.63) is 11.1 Å². The van der Waals surface area contributed by atoms with E-state index in [0.717, 1.165) is 11.1 Å². The summed E-state index contributed by atoms with van der Waals surface area (Å²) in [4.78, 5) is 0. The lowest BCUT2D eigenvalue weighted by Crippen LogP contribution is -2.18. The largest absolute Gasteiger partial charge is 0.115 e. The normalized spacial score (nSPS) is 14.0. The molecule has 0 N–H and O–H groups in total. The highest BCUT2D eigenvalue weighted by atomic mass is 14.3. The Balaban J connectivity index is 5.68. The van der Waals surface area contributed by atoms with E-state index in [0.29, 0.717) is 0 Å². The zero-order valence-electron chi connectivity index (χ0n) is 10.2. The second kappa shape index (κ2) is 3.93. The fourth-order valence-electron chi connectivity index (χ4n) is 1.33. The van der Waals surface area contributed by atoms with Gasteiger partial charge in [-0.3, -0.25) is 0 Å². The summed E-state index contributed by atoms with van der Waals surface area (Å²) >= 11 is 0. The maximum Gasteiger partial charge on any atom is 0.0192 e. The van der Waals surface area contributed by atoms with Gasteiger partial charge in [-0.1, -0.05) is 53.4 Å². The summed E-state index contributed by atoms with van der Waals surface area (Å²) in [5.74, 6) is 5.47. The maximum absolute atomic E-state index is 5.53. The van der Waals surface area contributed by atoms with Gasteiger partial charge in [0.15, 0.2) is 0 Å². The Hall–Kier alpha value is -1.14. The van der Waals surface area contributed by atoms with Crippen molar-refractivity contribution < 1.29 is 0 Å². The van der Waals surface area contributed by atoms with E-state index in [1.807, 2.05) is 0 Å². The number of terminal acetylenes is 2. The number of hydrogen-bond donors (Lipinski definition) is 0. The molecule has 0 rings (SSSR count). The molecular formula is C14H20. The predicted octanol–water partition coefficient (Wildman–Crippen LogP) is 3.64. The van der Waals surface area contributed by atoms with Gasteiger partial charge >= 0.3 is 0 Å². The first-order chi connectivity index (χ1) is 6.14. The molecule has 0 unspecified atom stereocenters. The van der Waals surface area contributed by atoms with E-state index in [9.17, 15) is 0 Å². The van der Waals surface area contributed by atoms with Crippen molar-refractivity contribution >= 4 is 0 Å². The van der Waals surface area contributed by atoms with E-state index in [2.05, 4.69) is 53.4 Å². The SMILES string of the molecule is C#C/C(=C(/C#C)C(C)(C)C)C(C)(C)C. The molecule has 0 saturated carbocycles. The van der Waals surface area contributed by atoms with Crippen LogP contribution in [0.3, 0.4) is 0 Å². The third-order valence-electron chi connectivity index (χ3n) is 2.04. The topological polar surface area (TPSA) is 0 Å². The average molecular weight is 188 g/mol. The Morgan fingerprint density at radius 1 is 0.714 bits per heavy atom. The van der Waals surface area contributed by atoms with Crippen LogP contribution >= 0.6 is 0 Å². The smallest absolute Gasteiger partial charge is 0.0192 e. The zero-order valence-corrected chi connectivity index (χ0v) is 10.2. The van der Waals surface area contributed by atoms with Crippen LogP contribution in [0.25, 0.3) is 0 Å². The van der Waals surface area contributed by atoms with Gasteiger partial charge in [-0.25, -0.2) is 0 Å². The van der Waals surface area contributed by atoms with Crippen LogP contribution in [0, 0.1) is 35.5 Å². The van der Waals surface area contributed by atoms with Gasteiger partial charge in [-0.15, -0.1) is 12.8 Å². The summed E-state index contributed by atoms with van der Waals surface area (Å²) < 4.78 is 0. The van der Waals surface area contributed by atoms with Crippen LogP contribution in [-0.2, 0) is 0 Å². The minimum Gasteiger partial charge on any atom is -0.115 e. The molecule has 0 heterocycles. The van der Waals surface area contributed by atoms with Crippen LogP contribution in [0.1, 0.15) is 41.5 Å². The highest BCUT2D eigenvalue weighted by molar-refractivity contribution is 5.46. The van der Waals surface area contributed by atoms with Gasteiger partial charge in [0.2, 0.25) is 0 Å². The van der Waals surface area contributed by atoms with Gasteiger partial charge in [0.25, 0.3) is 0 Å². The van der Waals surface area contributed by atoms with Crippen molar-refractivity contribution in [2.75, 3.05) is 0 Å². The third kappa shape index (κ3) is 2.97. The van der Waals surface area contributed by atoms with Crippen LogP contribution in [0.15, 0.2) is 11.1 Å². The molecule has 0 heteroatoms. The molecule has 0 saturated heterocycles. The molecule has 0 spiro atoms. The lowest BCUT2D eigenvalue weighted by molar-refractivity contribution is 0.469. The van der Waals surface area contributed by atoms with Crippen molar-refractivity contribution in [3.8, 4) is 24.7 Å². The van der Waals surface area contributed by atoms with Gasteiger partial charge in [-0.2, -0.15) is 0 Å². The van der Waals surface area contributed by atoms with Crippen LogP contribution in [0.5, 0.6) is 0 Å². The first-order valence-electron chi connectivity index (χ1n) is 4.83. The molecule has 76 valence electrons. The summed E-state index contributed by atoms with van der Waals surface area (Å²) in [5, 5.41) is 0. The molecule has 0 aromatic heterocycles. The van der Waals surface area contributed by atoms with Crippen LogP contribution in [0.2, 0.25) is 0 Å². The Labute approximate surface area is 88.8 Å². The molecule has 0 atom stereocenters. The van der Waals surface area contributed by atoms with Crippen LogP contribution in [0.4, 0.5) is 0 Å². The summed E-state index contributed by atoms with van der Waals surface area (Å²) in [6, 6.07) is 0. The van der Waals surface area contributed by atoms with E-state index in [4.69, 9.17) is 12.8 Å². The molecule has 14 heavy (non-hydrogen) atoms. The number of rotatable bonds is 0. The quantitative estimate of drug-likeness (QED) is 0.509. The minimum absolute atomic E-state index is 0.0519. The summed E-state index contributed by atoms with van der Waals surface area (Å²) in [7, 11) is 0. The van der Waals surface area contributed by atoms with Gasteiger partial charge in [0.1, 0.15) is 0 Å². The Bertz CT molecular complexity index is 279. The molecular weight excluding hydrogens is 168 g/mol. The van der Waals surface area contributed by atoms with Gasteiger partial charge in [0, 0.05) is 11.1 Å². The van der Waals surface area contributed by atoms with E-state index in [1.165, 1.54) is 0 Å². The predicted molar refractivity (Wildman–Crippen MR) is 63.6 cm³/mol. The van der Waals surface area contributed by atoms with Crippen molar-refractivity contribution in [1.29, 1.82) is 0 Å². The monoisotopic (exact) mass is 188 g/mol. The molecule has 0 amide bonds. The Kier molecular flexibility index (Phi) is 3.61. The van der Waals surface area contributed by atoms with Crippen molar-refractivity contribution in [2.45, 2.75) is 41.5 Å². The molecule has 0 aliphatic rings. The van der Waals surface area contributed by atoms with Gasteiger partial charge < -0.3 is 0 Å². The second-order valence-electron chi connectivity index (χ2n) is 5.54. The van der Waals surface area contributed by atoms with Gasteiger partial charge in [-0.05, 0) is 10.8 Å². The second-order valence-corrected chi connectivity index (χ2v) is 5.54. The highest BCUT2D eigenvalue weighted by Crippen LogP contribution is 2.35. The highest BCUT2D eigenvalue weighted by Gasteiger charge is 2.25. The summed E-state index contributed by atoms with van der Waals surface area (Å²) in [6.07, 6.45) is 11.1. The van der Waals surface area contributed by atoms with Crippen molar-refractivity contribution in [2.24, 2.45) is 10.8 Å². The van der Waals surface area contributed by atoms with Crippen LogP contribution in [-0.4, -0.2) is 0 Å². The fraction of sp³-hybridized carbons (Fsp3) is 0.571.